The van der Waals surface area contributed by atoms with Gasteiger partial charge in [-0.25, -0.2) is 17.2 Å². The molecule has 0 atom stereocenters. The number of benzene rings is 3. The molecule has 156 valence electrons. The van der Waals surface area contributed by atoms with Gasteiger partial charge in [-0.3, -0.25) is 9.10 Å². The van der Waals surface area contributed by atoms with Gasteiger partial charge >= 0.3 is 0 Å². The monoisotopic (exact) mass is 430 g/mol. The summed E-state index contributed by atoms with van der Waals surface area (Å²) >= 11 is 0. The SMILES string of the molecule is Cc1cccc(N(Cc2ccc(C(=O)Nc3ccc(F)cc3F)cc2)S(C)(=O)=O)c1. The number of nitrogens with zero attached hydrogens (tertiary/aromatic N) is 1. The molecule has 8 heteroatoms. The summed E-state index contributed by atoms with van der Waals surface area (Å²) in [4.78, 5) is 12.3. The molecule has 30 heavy (non-hydrogen) atoms. The van der Waals surface area contributed by atoms with Crippen LogP contribution in [0.5, 0.6) is 0 Å². The van der Waals surface area contributed by atoms with Crippen molar-refractivity contribution in [2.24, 2.45) is 0 Å². The molecule has 0 aromatic heterocycles. The molecule has 5 nitrogen and oxygen atoms in total. The Morgan fingerprint density at radius 3 is 2.30 bits per heavy atom. The predicted molar refractivity (Wildman–Crippen MR) is 113 cm³/mol. The second kappa shape index (κ2) is 8.62. The quantitative estimate of drug-likeness (QED) is 0.627. The van der Waals surface area contributed by atoms with E-state index in [-0.39, 0.29) is 17.8 Å². The number of carbonyl (C=O) groups excluding carboxylic acids is 1. The van der Waals surface area contributed by atoms with Crippen molar-refractivity contribution in [1.29, 1.82) is 0 Å². The molecule has 0 fully saturated rings. The number of anilines is 2. The topological polar surface area (TPSA) is 66.5 Å². The van der Waals surface area contributed by atoms with Crippen molar-refractivity contribution < 1.29 is 22.0 Å². The van der Waals surface area contributed by atoms with Gasteiger partial charge in [0, 0.05) is 11.6 Å². The smallest absolute Gasteiger partial charge is 0.255 e. The fourth-order valence-electron chi connectivity index (χ4n) is 2.90. The Hall–Kier alpha value is -3.26. The van der Waals surface area contributed by atoms with E-state index in [2.05, 4.69) is 5.32 Å². The van der Waals surface area contributed by atoms with Crippen LogP contribution in [0.3, 0.4) is 0 Å². The standard InChI is InChI=1S/C22H20F2N2O3S/c1-15-4-3-5-19(12-15)26(30(2,28)29)14-16-6-8-17(9-7-16)22(27)25-21-11-10-18(23)13-20(21)24/h3-13H,14H2,1-2H3,(H,25,27). The minimum absolute atomic E-state index is 0.0940. The lowest BCUT2D eigenvalue weighted by Gasteiger charge is -2.23. The van der Waals surface area contributed by atoms with Crippen LogP contribution in [0.1, 0.15) is 21.5 Å². The summed E-state index contributed by atoms with van der Waals surface area (Å²) in [6.45, 7) is 1.97. The lowest BCUT2D eigenvalue weighted by molar-refractivity contribution is 0.102. The van der Waals surface area contributed by atoms with Gasteiger partial charge in [-0.15, -0.1) is 0 Å². The van der Waals surface area contributed by atoms with Crippen LogP contribution in [0.25, 0.3) is 0 Å². The van der Waals surface area contributed by atoms with Gasteiger partial charge in [-0.1, -0.05) is 24.3 Å². The maximum atomic E-state index is 13.7. The first kappa shape index (κ1) is 21.4. The summed E-state index contributed by atoms with van der Waals surface area (Å²) < 4.78 is 52.5. The van der Waals surface area contributed by atoms with Crippen molar-refractivity contribution >= 4 is 27.3 Å². The fraction of sp³-hybridized carbons (Fsp3) is 0.136. The Morgan fingerprint density at radius 2 is 1.70 bits per heavy atom. The fourth-order valence-corrected chi connectivity index (χ4v) is 3.78. The van der Waals surface area contributed by atoms with Crippen molar-refractivity contribution in [3.05, 3.63) is 95.1 Å². The molecule has 0 aliphatic carbocycles. The predicted octanol–water partition coefficient (Wildman–Crippen LogP) is 4.49. The number of sulfonamides is 1. The van der Waals surface area contributed by atoms with Crippen molar-refractivity contribution in [3.63, 3.8) is 0 Å². The van der Waals surface area contributed by atoms with Crippen LogP contribution in [0.4, 0.5) is 20.2 Å². The van der Waals surface area contributed by atoms with Crippen LogP contribution in [0, 0.1) is 18.6 Å². The molecular weight excluding hydrogens is 410 g/mol. The number of hydrogen-bond acceptors (Lipinski definition) is 3. The summed E-state index contributed by atoms with van der Waals surface area (Å²) in [5.74, 6) is -2.17. The van der Waals surface area contributed by atoms with E-state index in [9.17, 15) is 22.0 Å². The number of rotatable bonds is 6. The van der Waals surface area contributed by atoms with Gasteiger partial charge in [0.15, 0.2) is 0 Å². The number of hydrogen-bond donors (Lipinski definition) is 1. The molecule has 0 radical (unpaired) electrons. The van der Waals surface area contributed by atoms with Crippen molar-refractivity contribution in [3.8, 4) is 0 Å². The normalized spacial score (nSPS) is 11.2. The third kappa shape index (κ3) is 5.21. The summed E-state index contributed by atoms with van der Waals surface area (Å²) in [7, 11) is -3.53. The average Bonchev–Trinajstić information content (AvgIpc) is 2.68. The first-order chi connectivity index (χ1) is 14.1. The molecule has 3 rings (SSSR count). The van der Waals surface area contributed by atoms with E-state index in [1.54, 1.807) is 30.3 Å². The molecule has 0 saturated heterocycles. The van der Waals surface area contributed by atoms with Crippen LogP contribution in [0.2, 0.25) is 0 Å². The highest BCUT2D eigenvalue weighted by molar-refractivity contribution is 7.92. The zero-order valence-corrected chi connectivity index (χ0v) is 17.2. The Morgan fingerprint density at radius 1 is 1.00 bits per heavy atom. The van der Waals surface area contributed by atoms with Gasteiger partial charge in [-0.2, -0.15) is 0 Å². The number of amides is 1. The molecule has 0 aliphatic heterocycles. The second-order valence-corrected chi connectivity index (χ2v) is 8.79. The van der Waals surface area contributed by atoms with E-state index < -0.39 is 27.6 Å². The van der Waals surface area contributed by atoms with Crippen molar-refractivity contribution in [2.75, 3.05) is 15.9 Å². The van der Waals surface area contributed by atoms with Gasteiger partial charge in [0.2, 0.25) is 10.0 Å². The van der Waals surface area contributed by atoms with Gasteiger partial charge in [0.25, 0.3) is 5.91 Å². The summed E-state index contributed by atoms with van der Waals surface area (Å²) in [5, 5.41) is 2.38. The summed E-state index contributed by atoms with van der Waals surface area (Å²) in [6.07, 6.45) is 1.13. The third-order valence-electron chi connectivity index (χ3n) is 4.41. The summed E-state index contributed by atoms with van der Waals surface area (Å²) in [5.41, 5.74) is 2.27. The molecule has 3 aromatic rings. The van der Waals surface area contributed by atoms with Crippen LogP contribution >= 0.6 is 0 Å². The van der Waals surface area contributed by atoms with Crippen LogP contribution in [-0.2, 0) is 16.6 Å². The zero-order chi connectivity index (χ0) is 21.9. The van der Waals surface area contributed by atoms with Crippen LogP contribution in [0.15, 0.2) is 66.7 Å². The maximum Gasteiger partial charge on any atom is 0.255 e. The number of aryl methyl sites for hydroxylation is 1. The molecule has 0 spiro atoms. The average molecular weight is 430 g/mol. The van der Waals surface area contributed by atoms with E-state index >= 15 is 0 Å². The van der Waals surface area contributed by atoms with Crippen molar-refractivity contribution in [2.45, 2.75) is 13.5 Å². The highest BCUT2D eigenvalue weighted by Crippen LogP contribution is 2.22. The van der Waals surface area contributed by atoms with Gasteiger partial charge in [0.1, 0.15) is 11.6 Å². The Kier molecular flexibility index (Phi) is 6.17. The van der Waals surface area contributed by atoms with Gasteiger partial charge in [-0.05, 0) is 54.4 Å². The minimum Gasteiger partial charge on any atom is -0.319 e. The highest BCUT2D eigenvalue weighted by Gasteiger charge is 2.18. The number of nitrogens with one attached hydrogen (secondary N) is 1. The van der Waals surface area contributed by atoms with E-state index in [0.717, 1.165) is 24.0 Å². The Labute approximate surface area is 174 Å². The largest absolute Gasteiger partial charge is 0.319 e. The lowest BCUT2D eigenvalue weighted by Crippen LogP contribution is -2.29. The molecule has 0 saturated carbocycles. The molecule has 1 amide bonds. The third-order valence-corrected chi connectivity index (χ3v) is 5.55. The van der Waals surface area contributed by atoms with Crippen LogP contribution < -0.4 is 9.62 Å². The van der Waals surface area contributed by atoms with Crippen LogP contribution in [-0.4, -0.2) is 20.6 Å². The van der Waals surface area contributed by atoms with E-state index in [4.69, 9.17) is 0 Å². The zero-order valence-electron chi connectivity index (χ0n) is 16.4. The molecule has 0 heterocycles. The van der Waals surface area contributed by atoms with Gasteiger partial charge in [0.05, 0.1) is 24.2 Å². The Bertz CT molecular complexity index is 1180. The first-order valence-electron chi connectivity index (χ1n) is 9.03. The number of halogens is 2. The number of carbonyl (C=O) groups is 1. The highest BCUT2D eigenvalue weighted by atomic mass is 32.2. The Balaban J connectivity index is 1.77. The second-order valence-electron chi connectivity index (χ2n) is 6.88. The molecule has 3 aromatic carbocycles. The van der Waals surface area contributed by atoms with E-state index in [1.165, 1.54) is 16.4 Å². The molecular formula is C22H20F2N2O3S. The summed E-state index contributed by atoms with van der Waals surface area (Å²) in [6, 6.07) is 16.3. The molecule has 0 unspecified atom stereocenters. The van der Waals surface area contributed by atoms with Gasteiger partial charge < -0.3 is 5.32 Å². The maximum absolute atomic E-state index is 13.7. The minimum atomic E-state index is -3.53. The lowest BCUT2D eigenvalue weighted by atomic mass is 10.1. The molecule has 0 bridgehead atoms. The molecule has 1 N–H and O–H groups in total. The van der Waals surface area contributed by atoms with E-state index in [1.807, 2.05) is 13.0 Å². The van der Waals surface area contributed by atoms with E-state index in [0.29, 0.717) is 17.3 Å². The first-order valence-corrected chi connectivity index (χ1v) is 10.9. The molecule has 0 aliphatic rings. The van der Waals surface area contributed by atoms with Crippen molar-refractivity contribution in [1.82, 2.24) is 0 Å².